The van der Waals surface area contributed by atoms with Crippen molar-refractivity contribution >= 4 is 21.7 Å². The van der Waals surface area contributed by atoms with E-state index in [-0.39, 0.29) is 18.3 Å². The van der Waals surface area contributed by atoms with Gasteiger partial charge in [-0.3, -0.25) is 4.79 Å². The molecule has 4 heteroatoms. The zero-order valence-corrected chi connectivity index (χ0v) is 15.2. The molecular formula is C17H25BrO3. The lowest BCUT2D eigenvalue weighted by Gasteiger charge is -2.25. The van der Waals surface area contributed by atoms with Gasteiger partial charge in [0.05, 0.1) is 12.2 Å². The van der Waals surface area contributed by atoms with Gasteiger partial charge < -0.3 is 9.84 Å². The average Bonchev–Trinajstić information content (AvgIpc) is 2.34. The van der Waals surface area contributed by atoms with Gasteiger partial charge in [-0.15, -0.1) is 0 Å². The van der Waals surface area contributed by atoms with Crippen molar-refractivity contribution in [1.29, 1.82) is 0 Å². The van der Waals surface area contributed by atoms with Gasteiger partial charge in [-0.2, -0.15) is 0 Å². The minimum atomic E-state index is -0.963. The van der Waals surface area contributed by atoms with E-state index >= 15 is 0 Å². The molecule has 0 aliphatic heterocycles. The minimum absolute atomic E-state index is 0.0281. The summed E-state index contributed by atoms with van der Waals surface area (Å²) in [6, 6.07) is 3.93. The van der Waals surface area contributed by atoms with Crippen LogP contribution in [0.4, 0.5) is 0 Å². The number of aliphatic hydroxyl groups is 1. The fourth-order valence-corrected chi connectivity index (χ4v) is 2.29. The molecule has 1 rings (SSSR count). The van der Waals surface area contributed by atoms with Gasteiger partial charge in [0.1, 0.15) is 6.10 Å². The van der Waals surface area contributed by atoms with Crippen LogP contribution in [0.3, 0.4) is 0 Å². The van der Waals surface area contributed by atoms with Crippen molar-refractivity contribution in [3.63, 3.8) is 0 Å². The number of hydrogen-bond donors (Lipinski definition) is 1. The maximum absolute atomic E-state index is 12.4. The third kappa shape index (κ3) is 5.20. The van der Waals surface area contributed by atoms with E-state index in [9.17, 15) is 9.90 Å². The molecule has 0 saturated heterocycles. The zero-order chi connectivity index (χ0) is 16.4. The van der Waals surface area contributed by atoms with Gasteiger partial charge in [0.25, 0.3) is 0 Å². The van der Waals surface area contributed by atoms with Gasteiger partial charge in [0, 0.05) is 10.4 Å². The average molecular weight is 357 g/mol. The fraction of sp³-hybridized carbons (Fsp3) is 0.588. The van der Waals surface area contributed by atoms with Gasteiger partial charge in [-0.25, -0.2) is 0 Å². The molecule has 0 aliphatic carbocycles. The normalized spacial score (nSPS) is 13.6. The molecule has 1 unspecified atom stereocenters. The van der Waals surface area contributed by atoms with Crippen molar-refractivity contribution in [1.82, 2.24) is 0 Å². The van der Waals surface area contributed by atoms with Crippen LogP contribution in [0.25, 0.3) is 0 Å². The molecule has 0 saturated carbocycles. The molecule has 0 spiro atoms. The van der Waals surface area contributed by atoms with Crippen molar-refractivity contribution in [2.45, 2.75) is 53.2 Å². The Morgan fingerprint density at radius 2 is 1.76 bits per heavy atom. The Labute approximate surface area is 135 Å². The smallest absolute Gasteiger partial charge is 0.168 e. The first-order valence-corrected chi connectivity index (χ1v) is 7.96. The standard InChI is InChI=1S/C17H25BrO3/c1-10(2)15(19)16(21-9-17(5,6)20)13-7-11(3)14(18)12(4)8-13/h7-8,10,16,20H,9H2,1-6H3. The second-order valence-electron chi connectivity index (χ2n) is 6.53. The van der Waals surface area contributed by atoms with E-state index in [2.05, 4.69) is 15.9 Å². The molecule has 1 aromatic carbocycles. The molecular weight excluding hydrogens is 332 g/mol. The zero-order valence-electron chi connectivity index (χ0n) is 13.7. The molecule has 1 aromatic rings. The van der Waals surface area contributed by atoms with Gasteiger partial charge in [0.2, 0.25) is 0 Å². The van der Waals surface area contributed by atoms with Crippen LogP contribution < -0.4 is 0 Å². The third-order valence-electron chi connectivity index (χ3n) is 3.19. The summed E-state index contributed by atoms with van der Waals surface area (Å²) in [4.78, 5) is 12.4. The number of hydrogen-bond acceptors (Lipinski definition) is 3. The predicted molar refractivity (Wildman–Crippen MR) is 88.5 cm³/mol. The van der Waals surface area contributed by atoms with Crippen molar-refractivity contribution in [2.24, 2.45) is 5.92 Å². The number of halogens is 1. The van der Waals surface area contributed by atoms with Gasteiger partial charge >= 0.3 is 0 Å². The Morgan fingerprint density at radius 1 is 1.29 bits per heavy atom. The molecule has 21 heavy (non-hydrogen) atoms. The van der Waals surface area contributed by atoms with Crippen LogP contribution in [-0.4, -0.2) is 23.1 Å². The van der Waals surface area contributed by atoms with E-state index in [1.54, 1.807) is 13.8 Å². The Balaban J connectivity index is 3.15. The fourth-order valence-electron chi connectivity index (χ4n) is 2.06. The molecule has 118 valence electrons. The number of benzene rings is 1. The molecule has 0 heterocycles. The van der Waals surface area contributed by atoms with Crippen LogP contribution in [-0.2, 0) is 9.53 Å². The summed E-state index contributed by atoms with van der Waals surface area (Å²) in [5.41, 5.74) is 2.02. The Bertz CT molecular complexity index is 492. The summed E-state index contributed by atoms with van der Waals surface area (Å²) in [7, 11) is 0. The van der Waals surface area contributed by atoms with Crippen LogP contribution in [0.5, 0.6) is 0 Å². The van der Waals surface area contributed by atoms with Crippen LogP contribution in [0, 0.1) is 19.8 Å². The molecule has 1 N–H and O–H groups in total. The number of ketones is 1. The Hall–Kier alpha value is -0.710. The van der Waals surface area contributed by atoms with Crippen molar-refractivity contribution in [3.05, 3.63) is 33.3 Å². The van der Waals surface area contributed by atoms with Gasteiger partial charge in [0.15, 0.2) is 5.78 Å². The summed E-state index contributed by atoms with van der Waals surface area (Å²) in [6.45, 7) is 11.2. The third-order valence-corrected chi connectivity index (χ3v) is 4.44. The van der Waals surface area contributed by atoms with Gasteiger partial charge in [-0.1, -0.05) is 41.9 Å². The number of Topliss-reactive ketones (excluding diaryl/α,β-unsaturated/α-hetero) is 1. The highest BCUT2D eigenvalue weighted by atomic mass is 79.9. The maximum Gasteiger partial charge on any atom is 0.168 e. The number of ether oxygens (including phenoxy) is 1. The molecule has 0 amide bonds. The second kappa shape index (κ2) is 7.03. The quantitative estimate of drug-likeness (QED) is 0.833. The lowest BCUT2D eigenvalue weighted by Crippen LogP contribution is -2.30. The van der Waals surface area contributed by atoms with Crippen molar-refractivity contribution in [3.8, 4) is 0 Å². The Kier molecular flexibility index (Phi) is 6.14. The van der Waals surface area contributed by atoms with Crippen molar-refractivity contribution in [2.75, 3.05) is 6.61 Å². The van der Waals surface area contributed by atoms with Gasteiger partial charge in [-0.05, 0) is 44.4 Å². The number of carbonyl (C=O) groups is 1. The lowest BCUT2D eigenvalue weighted by molar-refractivity contribution is -0.138. The molecule has 0 bridgehead atoms. The monoisotopic (exact) mass is 356 g/mol. The number of aryl methyl sites for hydroxylation is 2. The summed E-state index contributed by atoms with van der Waals surface area (Å²) in [5, 5.41) is 9.84. The number of carbonyl (C=O) groups excluding carboxylic acids is 1. The summed E-state index contributed by atoms with van der Waals surface area (Å²) < 4.78 is 6.80. The predicted octanol–water partition coefficient (Wildman–Crippen LogP) is 4.12. The first-order chi connectivity index (χ1) is 9.53. The van der Waals surface area contributed by atoms with Crippen LogP contribution >= 0.6 is 15.9 Å². The van der Waals surface area contributed by atoms with E-state index in [1.165, 1.54) is 0 Å². The van der Waals surface area contributed by atoms with E-state index in [1.807, 2.05) is 39.8 Å². The summed E-state index contributed by atoms with van der Waals surface area (Å²) in [5.74, 6) is -0.0959. The summed E-state index contributed by atoms with van der Waals surface area (Å²) >= 11 is 3.53. The van der Waals surface area contributed by atoms with Crippen molar-refractivity contribution < 1.29 is 14.6 Å². The maximum atomic E-state index is 12.4. The topological polar surface area (TPSA) is 46.5 Å². The highest BCUT2D eigenvalue weighted by molar-refractivity contribution is 9.10. The van der Waals surface area contributed by atoms with E-state index < -0.39 is 11.7 Å². The highest BCUT2D eigenvalue weighted by Gasteiger charge is 2.27. The van der Waals surface area contributed by atoms with E-state index in [4.69, 9.17) is 4.74 Å². The van der Waals surface area contributed by atoms with Crippen LogP contribution in [0.2, 0.25) is 0 Å². The first-order valence-electron chi connectivity index (χ1n) is 7.17. The molecule has 0 aliphatic rings. The lowest BCUT2D eigenvalue weighted by atomic mass is 9.95. The molecule has 0 aromatic heterocycles. The van der Waals surface area contributed by atoms with E-state index in [0.29, 0.717) is 0 Å². The van der Waals surface area contributed by atoms with E-state index in [0.717, 1.165) is 21.2 Å². The molecule has 1 atom stereocenters. The largest absolute Gasteiger partial charge is 0.388 e. The minimum Gasteiger partial charge on any atom is -0.388 e. The SMILES string of the molecule is Cc1cc(C(OCC(C)(C)O)C(=O)C(C)C)cc(C)c1Br. The Morgan fingerprint density at radius 3 is 2.14 bits per heavy atom. The molecule has 0 fully saturated rings. The van der Waals surface area contributed by atoms with Crippen LogP contribution in [0.15, 0.2) is 16.6 Å². The van der Waals surface area contributed by atoms with Crippen LogP contribution in [0.1, 0.15) is 50.5 Å². The summed E-state index contributed by atoms with van der Waals surface area (Å²) in [6.07, 6.45) is -0.637. The molecule has 0 radical (unpaired) electrons. The molecule has 3 nitrogen and oxygen atoms in total. The highest BCUT2D eigenvalue weighted by Crippen LogP contribution is 2.29. The first kappa shape index (κ1) is 18.3. The second-order valence-corrected chi connectivity index (χ2v) is 7.32. The number of rotatable bonds is 6.